The molecule has 2 N–H and O–H groups in total. The molecule has 2 rings (SSSR count). The van der Waals surface area contributed by atoms with Gasteiger partial charge >= 0.3 is 6.18 Å². The highest BCUT2D eigenvalue weighted by Crippen LogP contribution is 2.32. The Labute approximate surface area is 109 Å². The Morgan fingerprint density at radius 3 is 2.47 bits per heavy atom. The molecule has 1 heterocycles. The summed E-state index contributed by atoms with van der Waals surface area (Å²) in [6.45, 7) is 2.69. The lowest BCUT2D eigenvalue weighted by molar-refractivity contribution is -0.137. The van der Waals surface area contributed by atoms with Gasteiger partial charge in [0.2, 0.25) is 0 Å². The molecule has 1 atom stereocenters. The van der Waals surface area contributed by atoms with Crippen molar-refractivity contribution in [3.8, 4) is 0 Å². The lowest BCUT2D eigenvalue weighted by atomic mass is 9.97. The summed E-state index contributed by atoms with van der Waals surface area (Å²) in [5, 5.41) is 0. The van der Waals surface area contributed by atoms with Crippen LogP contribution in [-0.2, 0) is 15.7 Å². The molecule has 0 aromatic heterocycles. The number of nitrogens with two attached hydrogens (primary N) is 1. The van der Waals surface area contributed by atoms with E-state index in [1.165, 1.54) is 6.07 Å². The maximum absolute atomic E-state index is 12.6. The molecule has 1 saturated heterocycles. The van der Waals surface area contributed by atoms with Gasteiger partial charge in [-0.2, -0.15) is 13.2 Å². The number of ether oxygens (including phenoxy) is 2. The standard InChI is InChI=1S/C13H16F3NO2/c1-8-6-9(13(14,15)16)2-3-10(8)11(17)7-12-18-4-5-19-12/h2-3,6,11-12H,4-5,7,17H2,1H3. The van der Waals surface area contributed by atoms with Crippen LogP contribution in [0.1, 0.15) is 29.2 Å². The van der Waals surface area contributed by atoms with Crippen LogP contribution < -0.4 is 5.73 Å². The van der Waals surface area contributed by atoms with E-state index in [1.807, 2.05) is 0 Å². The second-order valence-electron chi connectivity index (χ2n) is 4.58. The molecule has 1 aliphatic heterocycles. The van der Waals surface area contributed by atoms with Crippen LogP contribution >= 0.6 is 0 Å². The average Bonchev–Trinajstić information content (AvgIpc) is 2.80. The maximum Gasteiger partial charge on any atom is 0.416 e. The van der Waals surface area contributed by atoms with Gasteiger partial charge < -0.3 is 15.2 Å². The minimum atomic E-state index is -4.33. The minimum absolute atomic E-state index is 0.364. The second-order valence-corrected chi connectivity index (χ2v) is 4.58. The Morgan fingerprint density at radius 2 is 1.95 bits per heavy atom. The third-order valence-corrected chi connectivity index (χ3v) is 3.13. The van der Waals surface area contributed by atoms with E-state index >= 15 is 0 Å². The summed E-state index contributed by atoms with van der Waals surface area (Å²) in [7, 11) is 0. The largest absolute Gasteiger partial charge is 0.416 e. The zero-order valence-electron chi connectivity index (χ0n) is 10.5. The molecule has 106 valence electrons. The molecule has 0 aliphatic carbocycles. The van der Waals surface area contributed by atoms with Gasteiger partial charge in [-0.25, -0.2) is 0 Å². The third-order valence-electron chi connectivity index (χ3n) is 3.13. The fourth-order valence-corrected chi connectivity index (χ4v) is 2.15. The zero-order chi connectivity index (χ0) is 14.0. The highest BCUT2D eigenvalue weighted by atomic mass is 19.4. The number of alkyl halides is 3. The molecule has 1 aliphatic rings. The van der Waals surface area contributed by atoms with Crippen LogP contribution in [0.15, 0.2) is 18.2 Å². The number of aryl methyl sites for hydroxylation is 1. The van der Waals surface area contributed by atoms with Crippen LogP contribution in [-0.4, -0.2) is 19.5 Å². The monoisotopic (exact) mass is 275 g/mol. The summed E-state index contributed by atoms with van der Waals surface area (Å²) < 4.78 is 48.2. The first-order valence-corrected chi connectivity index (χ1v) is 6.04. The highest BCUT2D eigenvalue weighted by Gasteiger charge is 2.31. The van der Waals surface area contributed by atoms with E-state index in [2.05, 4.69) is 0 Å². The lowest BCUT2D eigenvalue weighted by Crippen LogP contribution is -2.20. The molecule has 1 aromatic rings. The molecule has 1 unspecified atom stereocenters. The van der Waals surface area contributed by atoms with Gasteiger partial charge in [0.25, 0.3) is 0 Å². The molecule has 0 radical (unpaired) electrons. The lowest BCUT2D eigenvalue weighted by Gasteiger charge is -2.19. The first kappa shape index (κ1) is 14.3. The van der Waals surface area contributed by atoms with Gasteiger partial charge in [0, 0.05) is 12.5 Å². The molecule has 19 heavy (non-hydrogen) atoms. The van der Waals surface area contributed by atoms with Gasteiger partial charge in [0.05, 0.1) is 18.8 Å². The van der Waals surface area contributed by atoms with Crippen molar-refractivity contribution in [1.29, 1.82) is 0 Å². The van der Waals surface area contributed by atoms with Crippen molar-refractivity contribution in [2.24, 2.45) is 5.73 Å². The van der Waals surface area contributed by atoms with Crippen molar-refractivity contribution < 1.29 is 22.6 Å². The number of rotatable bonds is 3. The molecular weight excluding hydrogens is 259 g/mol. The molecule has 3 nitrogen and oxygen atoms in total. The number of hydrogen-bond donors (Lipinski definition) is 1. The van der Waals surface area contributed by atoms with Gasteiger partial charge in [-0.05, 0) is 30.2 Å². The van der Waals surface area contributed by atoms with Crippen molar-refractivity contribution in [3.63, 3.8) is 0 Å². The molecule has 1 fully saturated rings. The van der Waals surface area contributed by atoms with Crippen LogP contribution in [0.3, 0.4) is 0 Å². The van der Waals surface area contributed by atoms with Crippen molar-refractivity contribution in [1.82, 2.24) is 0 Å². The van der Waals surface area contributed by atoms with Crippen molar-refractivity contribution >= 4 is 0 Å². The van der Waals surface area contributed by atoms with E-state index in [0.717, 1.165) is 12.1 Å². The predicted molar refractivity (Wildman–Crippen MR) is 63.4 cm³/mol. The van der Waals surface area contributed by atoms with E-state index < -0.39 is 17.8 Å². The summed E-state index contributed by atoms with van der Waals surface area (Å²) in [5.41, 5.74) is 6.55. The molecule has 0 spiro atoms. The Bertz CT molecular complexity index is 442. The van der Waals surface area contributed by atoms with E-state index in [1.54, 1.807) is 6.92 Å². The average molecular weight is 275 g/mol. The van der Waals surface area contributed by atoms with Crippen molar-refractivity contribution in [2.45, 2.75) is 31.9 Å². The van der Waals surface area contributed by atoms with Crippen LogP contribution in [0.5, 0.6) is 0 Å². The van der Waals surface area contributed by atoms with Gasteiger partial charge in [-0.3, -0.25) is 0 Å². The number of benzene rings is 1. The second kappa shape index (κ2) is 5.48. The van der Waals surface area contributed by atoms with Crippen LogP contribution in [0, 0.1) is 6.92 Å². The first-order chi connectivity index (χ1) is 8.88. The van der Waals surface area contributed by atoms with E-state index in [4.69, 9.17) is 15.2 Å². The van der Waals surface area contributed by atoms with Crippen molar-refractivity contribution in [2.75, 3.05) is 13.2 Å². The van der Waals surface area contributed by atoms with Crippen LogP contribution in [0.4, 0.5) is 13.2 Å². The zero-order valence-corrected chi connectivity index (χ0v) is 10.5. The molecule has 6 heteroatoms. The molecule has 0 amide bonds. The number of hydrogen-bond acceptors (Lipinski definition) is 3. The van der Waals surface area contributed by atoms with Gasteiger partial charge in [0.15, 0.2) is 6.29 Å². The Balaban J connectivity index is 2.11. The summed E-state index contributed by atoms with van der Waals surface area (Å²) in [6, 6.07) is 3.20. The van der Waals surface area contributed by atoms with Gasteiger partial charge in [0.1, 0.15) is 0 Å². The molecule has 0 saturated carbocycles. The summed E-state index contributed by atoms with van der Waals surface area (Å²) >= 11 is 0. The van der Waals surface area contributed by atoms with Crippen LogP contribution in [0.25, 0.3) is 0 Å². The van der Waals surface area contributed by atoms with E-state index in [9.17, 15) is 13.2 Å². The van der Waals surface area contributed by atoms with Gasteiger partial charge in [-0.15, -0.1) is 0 Å². The Hall–Kier alpha value is -1.11. The fourth-order valence-electron chi connectivity index (χ4n) is 2.15. The maximum atomic E-state index is 12.6. The highest BCUT2D eigenvalue weighted by molar-refractivity contribution is 5.34. The quantitative estimate of drug-likeness (QED) is 0.922. The van der Waals surface area contributed by atoms with Gasteiger partial charge in [-0.1, -0.05) is 6.07 Å². The fraction of sp³-hybridized carbons (Fsp3) is 0.538. The SMILES string of the molecule is Cc1cc(C(F)(F)F)ccc1C(N)CC1OCCO1. The smallest absolute Gasteiger partial charge is 0.350 e. The predicted octanol–water partition coefficient (Wildman–Crippen LogP) is 2.78. The molecule has 0 bridgehead atoms. The molecular formula is C13H16F3NO2. The summed E-state index contributed by atoms with van der Waals surface area (Å²) in [6.07, 6.45) is -4.26. The third kappa shape index (κ3) is 3.46. The minimum Gasteiger partial charge on any atom is -0.350 e. The molecule has 1 aromatic carbocycles. The topological polar surface area (TPSA) is 44.5 Å². The van der Waals surface area contributed by atoms with E-state index in [-0.39, 0.29) is 6.29 Å². The summed E-state index contributed by atoms with van der Waals surface area (Å²) in [5.74, 6) is 0. The van der Waals surface area contributed by atoms with E-state index in [0.29, 0.717) is 30.8 Å². The Morgan fingerprint density at radius 1 is 1.32 bits per heavy atom. The first-order valence-electron chi connectivity index (χ1n) is 6.04. The summed E-state index contributed by atoms with van der Waals surface area (Å²) in [4.78, 5) is 0. The number of halogens is 3. The van der Waals surface area contributed by atoms with Crippen molar-refractivity contribution in [3.05, 3.63) is 34.9 Å². The normalized spacial score (nSPS) is 18.8. The Kier molecular flexibility index (Phi) is 4.13. The van der Waals surface area contributed by atoms with Crippen LogP contribution in [0.2, 0.25) is 0 Å².